The van der Waals surface area contributed by atoms with E-state index in [1.165, 1.54) is 37.7 Å². The van der Waals surface area contributed by atoms with Gasteiger partial charge in [0.15, 0.2) is 0 Å². The highest BCUT2D eigenvalue weighted by Gasteiger charge is 2.15. The molecule has 0 radical (unpaired) electrons. The molecule has 2 N–H and O–H groups in total. The highest BCUT2D eigenvalue weighted by Crippen LogP contribution is 2.28. The molecule has 1 saturated carbocycles. The second kappa shape index (κ2) is 7.11. The Kier molecular flexibility index (Phi) is 4.31. The van der Waals surface area contributed by atoms with Crippen molar-refractivity contribution in [1.82, 2.24) is 24.6 Å². The maximum absolute atomic E-state index is 4.88. The molecule has 142 valence electrons. The van der Waals surface area contributed by atoms with Gasteiger partial charge in [-0.25, -0.2) is 9.97 Å². The fourth-order valence-electron chi connectivity index (χ4n) is 4.12. The van der Waals surface area contributed by atoms with Crippen molar-refractivity contribution in [3.05, 3.63) is 54.6 Å². The van der Waals surface area contributed by atoms with E-state index in [-0.39, 0.29) is 0 Å². The monoisotopic (exact) mass is 372 g/mol. The van der Waals surface area contributed by atoms with Crippen LogP contribution in [-0.4, -0.2) is 30.6 Å². The minimum atomic E-state index is 0.536. The summed E-state index contributed by atoms with van der Waals surface area (Å²) in [5.74, 6) is 0.946. The molecule has 0 amide bonds. The molecular weight excluding hydrogens is 348 g/mol. The number of imidazole rings is 1. The number of rotatable bonds is 4. The van der Waals surface area contributed by atoms with E-state index in [4.69, 9.17) is 4.98 Å². The Balaban J connectivity index is 1.52. The molecule has 0 saturated heterocycles. The van der Waals surface area contributed by atoms with E-state index in [0.29, 0.717) is 6.04 Å². The minimum Gasteiger partial charge on any atom is -0.367 e. The van der Waals surface area contributed by atoms with E-state index in [9.17, 15) is 0 Å². The van der Waals surface area contributed by atoms with Crippen LogP contribution in [0, 0.1) is 6.92 Å². The molecule has 0 aliphatic heterocycles. The smallest absolute Gasteiger partial charge is 0.137 e. The number of H-pyrrole nitrogens is 1. The standard InChI is InChI=1S/C22H24N6/c1-15-10-22-23-13-20(28(22)14-18(15)16-11-24-25-12-16)19-8-5-9-21(27-19)26-17-6-3-2-4-7-17/h5,8-14,17H,2-4,6-7H2,1H3,(H,24,25)(H,26,27). The fraction of sp³-hybridized carbons (Fsp3) is 0.318. The lowest BCUT2D eigenvalue weighted by Gasteiger charge is -2.23. The molecule has 4 heterocycles. The molecular formula is C22H24N6. The molecule has 4 aromatic heterocycles. The van der Waals surface area contributed by atoms with Gasteiger partial charge in [-0.2, -0.15) is 5.10 Å². The molecule has 5 rings (SSSR count). The van der Waals surface area contributed by atoms with E-state index >= 15 is 0 Å². The van der Waals surface area contributed by atoms with Crippen LogP contribution in [0.2, 0.25) is 0 Å². The van der Waals surface area contributed by atoms with Crippen LogP contribution in [-0.2, 0) is 0 Å². The van der Waals surface area contributed by atoms with Crippen molar-refractivity contribution < 1.29 is 0 Å². The molecule has 6 nitrogen and oxygen atoms in total. The van der Waals surface area contributed by atoms with Gasteiger partial charge in [0.1, 0.15) is 11.5 Å². The Labute approximate surface area is 164 Å². The van der Waals surface area contributed by atoms with Crippen LogP contribution in [0.1, 0.15) is 37.7 Å². The molecule has 0 atom stereocenters. The Morgan fingerprint density at radius 2 is 2.04 bits per heavy atom. The highest BCUT2D eigenvalue weighted by molar-refractivity contribution is 5.70. The predicted octanol–water partition coefficient (Wildman–Crippen LogP) is 4.84. The van der Waals surface area contributed by atoms with E-state index in [1.807, 2.05) is 24.7 Å². The second-order valence-electron chi connectivity index (χ2n) is 7.62. The summed E-state index contributed by atoms with van der Waals surface area (Å²) in [5.41, 5.74) is 6.22. The molecule has 4 aromatic rings. The SMILES string of the molecule is Cc1cc2ncc(-c3cccc(NC4CCCCC4)n3)n2cc1-c1cn[nH]c1. The van der Waals surface area contributed by atoms with Crippen LogP contribution in [0.3, 0.4) is 0 Å². The largest absolute Gasteiger partial charge is 0.367 e. The summed E-state index contributed by atoms with van der Waals surface area (Å²) in [7, 11) is 0. The number of hydrogen-bond donors (Lipinski definition) is 2. The molecule has 1 aliphatic carbocycles. The van der Waals surface area contributed by atoms with Gasteiger partial charge in [-0.05, 0) is 43.5 Å². The van der Waals surface area contributed by atoms with Crippen molar-refractivity contribution >= 4 is 11.5 Å². The zero-order chi connectivity index (χ0) is 18.9. The van der Waals surface area contributed by atoms with Crippen molar-refractivity contribution in [2.45, 2.75) is 45.1 Å². The van der Waals surface area contributed by atoms with E-state index in [1.54, 1.807) is 0 Å². The van der Waals surface area contributed by atoms with Gasteiger partial charge in [-0.3, -0.25) is 9.50 Å². The van der Waals surface area contributed by atoms with Crippen molar-refractivity contribution in [3.8, 4) is 22.5 Å². The van der Waals surface area contributed by atoms with Gasteiger partial charge < -0.3 is 5.32 Å². The average molecular weight is 372 g/mol. The zero-order valence-corrected chi connectivity index (χ0v) is 16.0. The Morgan fingerprint density at radius 1 is 1.14 bits per heavy atom. The van der Waals surface area contributed by atoms with Crippen LogP contribution in [0.4, 0.5) is 5.82 Å². The van der Waals surface area contributed by atoms with Crippen molar-refractivity contribution in [3.63, 3.8) is 0 Å². The van der Waals surface area contributed by atoms with Crippen molar-refractivity contribution in [2.75, 3.05) is 5.32 Å². The van der Waals surface area contributed by atoms with E-state index in [0.717, 1.165) is 34.0 Å². The van der Waals surface area contributed by atoms with Crippen LogP contribution in [0.5, 0.6) is 0 Å². The van der Waals surface area contributed by atoms with Gasteiger partial charge in [-0.15, -0.1) is 0 Å². The number of aromatic amines is 1. The number of aromatic nitrogens is 5. The minimum absolute atomic E-state index is 0.536. The van der Waals surface area contributed by atoms with Crippen LogP contribution < -0.4 is 5.32 Å². The van der Waals surface area contributed by atoms with Gasteiger partial charge in [-0.1, -0.05) is 25.3 Å². The number of nitrogens with one attached hydrogen (secondary N) is 2. The summed E-state index contributed by atoms with van der Waals surface area (Å²) in [5, 5.41) is 10.6. The van der Waals surface area contributed by atoms with Gasteiger partial charge in [0.25, 0.3) is 0 Å². The average Bonchev–Trinajstić information content (AvgIpc) is 3.38. The summed E-state index contributed by atoms with van der Waals surface area (Å²) in [6.45, 7) is 2.10. The number of aryl methyl sites for hydroxylation is 1. The number of fused-ring (bicyclic) bond motifs is 1. The third-order valence-corrected chi connectivity index (χ3v) is 5.63. The summed E-state index contributed by atoms with van der Waals surface area (Å²) in [4.78, 5) is 9.49. The Bertz CT molecular complexity index is 1090. The lowest BCUT2D eigenvalue weighted by atomic mass is 9.95. The maximum atomic E-state index is 4.88. The Morgan fingerprint density at radius 3 is 2.86 bits per heavy atom. The molecule has 6 heteroatoms. The molecule has 28 heavy (non-hydrogen) atoms. The number of anilines is 1. The lowest BCUT2D eigenvalue weighted by Crippen LogP contribution is -2.22. The van der Waals surface area contributed by atoms with Crippen LogP contribution in [0.15, 0.2) is 49.1 Å². The lowest BCUT2D eigenvalue weighted by molar-refractivity contribution is 0.462. The van der Waals surface area contributed by atoms with Gasteiger partial charge in [0, 0.05) is 29.6 Å². The highest BCUT2D eigenvalue weighted by atomic mass is 15.1. The first-order valence-corrected chi connectivity index (χ1v) is 9.99. The molecule has 1 fully saturated rings. The van der Waals surface area contributed by atoms with Crippen molar-refractivity contribution in [1.29, 1.82) is 0 Å². The van der Waals surface area contributed by atoms with Crippen LogP contribution >= 0.6 is 0 Å². The van der Waals surface area contributed by atoms with Gasteiger partial charge in [0.05, 0.1) is 23.8 Å². The molecule has 0 unspecified atom stereocenters. The number of nitrogens with zero attached hydrogens (tertiary/aromatic N) is 4. The van der Waals surface area contributed by atoms with E-state index < -0.39 is 0 Å². The molecule has 1 aliphatic rings. The van der Waals surface area contributed by atoms with E-state index in [2.05, 4.69) is 56.2 Å². The third-order valence-electron chi connectivity index (χ3n) is 5.63. The summed E-state index contributed by atoms with van der Waals surface area (Å²) in [6, 6.07) is 8.82. The molecule has 0 bridgehead atoms. The topological polar surface area (TPSA) is 70.9 Å². The molecule has 0 aromatic carbocycles. The number of hydrogen-bond acceptors (Lipinski definition) is 4. The zero-order valence-electron chi connectivity index (χ0n) is 16.0. The van der Waals surface area contributed by atoms with Gasteiger partial charge in [0.2, 0.25) is 0 Å². The van der Waals surface area contributed by atoms with Gasteiger partial charge >= 0.3 is 0 Å². The first-order valence-electron chi connectivity index (χ1n) is 9.99. The molecule has 0 spiro atoms. The summed E-state index contributed by atoms with van der Waals surface area (Å²) >= 11 is 0. The summed E-state index contributed by atoms with van der Waals surface area (Å²) < 4.78 is 2.11. The Hall–Kier alpha value is -3.15. The first-order chi connectivity index (χ1) is 13.8. The normalized spacial score (nSPS) is 15.2. The second-order valence-corrected chi connectivity index (χ2v) is 7.62. The number of pyridine rings is 2. The van der Waals surface area contributed by atoms with Crippen molar-refractivity contribution in [2.24, 2.45) is 0 Å². The predicted molar refractivity (Wildman–Crippen MR) is 111 cm³/mol. The fourth-order valence-corrected chi connectivity index (χ4v) is 4.12. The quantitative estimate of drug-likeness (QED) is 0.538. The van der Waals surface area contributed by atoms with Crippen LogP contribution in [0.25, 0.3) is 28.2 Å². The third kappa shape index (κ3) is 3.15. The summed E-state index contributed by atoms with van der Waals surface area (Å²) in [6.07, 6.45) is 14.2. The first kappa shape index (κ1) is 17.0. The maximum Gasteiger partial charge on any atom is 0.137 e.